The highest BCUT2D eigenvalue weighted by atomic mass is 35.5. The van der Waals surface area contributed by atoms with Gasteiger partial charge in [0.2, 0.25) is 11.8 Å². The number of halogens is 2. The lowest BCUT2D eigenvalue weighted by atomic mass is 10.0. The third-order valence-corrected chi connectivity index (χ3v) is 6.97. The van der Waals surface area contributed by atoms with Crippen LogP contribution in [0.1, 0.15) is 37.0 Å². The van der Waals surface area contributed by atoms with Crippen LogP contribution in [-0.2, 0) is 29.0 Å². The molecule has 0 aromatic heterocycles. The van der Waals surface area contributed by atoms with Crippen LogP contribution in [0, 0.1) is 5.92 Å². The van der Waals surface area contributed by atoms with E-state index in [9.17, 15) is 9.59 Å². The number of carbonyl (C=O) groups excluding carboxylic acids is 2. The van der Waals surface area contributed by atoms with E-state index in [4.69, 9.17) is 32.7 Å². The van der Waals surface area contributed by atoms with Gasteiger partial charge in [-0.25, -0.2) is 0 Å². The number of hydrogen-bond donors (Lipinski definition) is 1. The minimum atomic E-state index is -0.726. The van der Waals surface area contributed by atoms with Gasteiger partial charge in [-0.2, -0.15) is 0 Å². The van der Waals surface area contributed by atoms with Crippen LogP contribution in [0.15, 0.2) is 66.7 Å². The topological polar surface area (TPSA) is 67.9 Å². The van der Waals surface area contributed by atoms with Crippen LogP contribution in [0.5, 0.6) is 11.5 Å². The van der Waals surface area contributed by atoms with Gasteiger partial charge in [0.1, 0.15) is 6.04 Å². The molecular weight excluding hydrogens is 535 g/mol. The molecule has 0 aliphatic rings. The van der Waals surface area contributed by atoms with Gasteiger partial charge in [0.15, 0.2) is 11.5 Å². The predicted octanol–water partition coefficient (Wildman–Crippen LogP) is 6.36. The number of carbonyl (C=O) groups is 2. The van der Waals surface area contributed by atoms with Gasteiger partial charge in [-0.05, 0) is 53.3 Å². The smallest absolute Gasteiger partial charge is 0.243 e. The van der Waals surface area contributed by atoms with Gasteiger partial charge in [-0.15, -0.1) is 0 Å². The Kier molecular flexibility index (Phi) is 11.5. The lowest BCUT2D eigenvalue weighted by Crippen LogP contribution is -2.51. The summed E-state index contributed by atoms with van der Waals surface area (Å²) < 4.78 is 10.7. The molecule has 3 aromatic carbocycles. The molecule has 8 heteroatoms. The number of methoxy groups -OCH3 is 2. The number of aryl methyl sites for hydroxylation is 1. The average Bonchev–Trinajstić information content (AvgIpc) is 2.93. The first-order valence-electron chi connectivity index (χ1n) is 13.0. The van der Waals surface area contributed by atoms with Gasteiger partial charge >= 0.3 is 0 Å². The molecule has 3 rings (SSSR count). The molecule has 0 unspecified atom stereocenters. The van der Waals surface area contributed by atoms with Crippen LogP contribution in [-0.4, -0.2) is 43.5 Å². The fourth-order valence-corrected chi connectivity index (χ4v) is 4.71. The van der Waals surface area contributed by atoms with Crippen molar-refractivity contribution in [3.8, 4) is 11.5 Å². The van der Waals surface area contributed by atoms with Crippen LogP contribution in [0.25, 0.3) is 0 Å². The third kappa shape index (κ3) is 8.91. The Bertz CT molecular complexity index is 1250. The maximum absolute atomic E-state index is 13.9. The molecule has 1 N–H and O–H groups in total. The SMILES string of the molecule is COc1ccc(CCC(=O)N(Cc2ccc(Cl)cc2Cl)[C@H](Cc2ccccc2)C(=O)NCC(C)C)cc1OC. The summed E-state index contributed by atoms with van der Waals surface area (Å²) in [5, 5.41) is 3.98. The molecule has 2 amide bonds. The first kappa shape index (κ1) is 30.3. The molecule has 0 spiro atoms. The summed E-state index contributed by atoms with van der Waals surface area (Å²) in [7, 11) is 3.16. The van der Waals surface area contributed by atoms with Crippen LogP contribution >= 0.6 is 23.2 Å². The maximum atomic E-state index is 13.9. The summed E-state index contributed by atoms with van der Waals surface area (Å²) >= 11 is 12.6. The van der Waals surface area contributed by atoms with Crippen LogP contribution in [0.2, 0.25) is 10.0 Å². The zero-order valence-electron chi connectivity index (χ0n) is 22.9. The fourth-order valence-electron chi connectivity index (χ4n) is 4.24. The molecule has 3 aromatic rings. The van der Waals surface area contributed by atoms with E-state index < -0.39 is 6.04 Å². The predicted molar refractivity (Wildman–Crippen MR) is 157 cm³/mol. The Morgan fingerprint density at radius 3 is 2.26 bits per heavy atom. The van der Waals surface area contributed by atoms with E-state index in [1.165, 1.54) is 0 Å². The minimum Gasteiger partial charge on any atom is -0.493 e. The Morgan fingerprint density at radius 2 is 1.62 bits per heavy atom. The van der Waals surface area contributed by atoms with Crippen LogP contribution in [0.4, 0.5) is 0 Å². The van der Waals surface area contributed by atoms with Gasteiger partial charge < -0.3 is 19.7 Å². The Morgan fingerprint density at radius 1 is 0.897 bits per heavy atom. The third-order valence-electron chi connectivity index (χ3n) is 6.39. The van der Waals surface area contributed by atoms with E-state index in [2.05, 4.69) is 5.32 Å². The van der Waals surface area contributed by atoms with Gasteiger partial charge in [0.05, 0.1) is 14.2 Å². The molecule has 0 bridgehead atoms. The minimum absolute atomic E-state index is 0.156. The second-order valence-electron chi connectivity index (χ2n) is 9.79. The first-order valence-corrected chi connectivity index (χ1v) is 13.7. The molecule has 0 heterocycles. The van der Waals surface area contributed by atoms with Crippen molar-refractivity contribution in [3.63, 3.8) is 0 Å². The summed E-state index contributed by atoms with van der Waals surface area (Å²) in [5.74, 6) is 1.14. The van der Waals surface area contributed by atoms with Crippen molar-refractivity contribution in [2.45, 2.75) is 45.7 Å². The molecule has 0 aliphatic carbocycles. The Hall–Kier alpha value is -3.22. The summed E-state index contributed by atoms with van der Waals surface area (Å²) in [6, 6.07) is 19.8. The number of benzene rings is 3. The number of amides is 2. The highest BCUT2D eigenvalue weighted by molar-refractivity contribution is 6.35. The lowest BCUT2D eigenvalue weighted by molar-refractivity contribution is -0.141. The van der Waals surface area contributed by atoms with Crippen molar-refractivity contribution < 1.29 is 19.1 Å². The fraction of sp³-hybridized carbons (Fsp3) is 0.355. The molecule has 0 saturated carbocycles. The van der Waals surface area contributed by atoms with Crippen molar-refractivity contribution in [3.05, 3.63) is 93.5 Å². The number of ether oxygens (including phenoxy) is 2. The van der Waals surface area contributed by atoms with Crippen molar-refractivity contribution in [1.29, 1.82) is 0 Å². The molecular formula is C31H36Cl2N2O4. The van der Waals surface area contributed by atoms with E-state index in [0.717, 1.165) is 16.7 Å². The maximum Gasteiger partial charge on any atom is 0.243 e. The number of rotatable bonds is 13. The second-order valence-corrected chi connectivity index (χ2v) is 10.6. The van der Waals surface area contributed by atoms with E-state index in [0.29, 0.717) is 40.9 Å². The highest BCUT2D eigenvalue weighted by Gasteiger charge is 2.30. The summed E-state index contributed by atoms with van der Waals surface area (Å²) in [5.41, 5.74) is 2.60. The van der Waals surface area contributed by atoms with Gasteiger partial charge in [-0.3, -0.25) is 9.59 Å². The Balaban J connectivity index is 1.93. The van der Waals surface area contributed by atoms with E-state index in [1.54, 1.807) is 37.3 Å². The largest absolute Gasteiger partial charge is 0.493 e. The second kappa shape index (κ2) is 14.8. The number of nitrogens with one attached hydrogen (secondary N) is 1. The number of nitrogens with zero attached hydrogens (tertiary/aromatic N) is 1. The van der Waals surface area contributed by atoms with Gasteiger partial charge in [-0.1, -0.05) is 79.5 Å². The zero-order valence-corrected chi connectivity index (χ0v) is 24.4. The molecule has 0 fully saturated rings. The molecule has 6 nitrogen and oxygen atoms in total. The van der Waals surface area contributed by atoms with E-state index >= 15 is 0 Å². The lowest BCUT2D eigenvalue weighted by Gasteiger charge is -2.32. The van der Waals surface area contributed by atoms with E-state index in [-0.39, 0.29) is 30.7 Å². The first-order chi connectivity index (χ1) is 18.7. The molecule has 0 saturated heterocycles. The van der Waals surface area contributed by atoms with Gasteiger partial charge in [0, 0.05) is 36.0 Å². The zero-order chi connectivity index (χ0) is 28.4. The monoisotopic (exact) mass is 570 g/mol. The van der Waals surface area contributed by atoms with Crippen LogP contribution in [0.3, 0.4) is 0 Å². The Labute approximate surface area is 241 Å². The number of hydrogen-bond acceptors (Lipinski definition) is 4. The van der Waals surface area contributed by atoms with Crippen molar-refractivity contribution in [2.24, 2.45) is 5.92 Å². The highest BCUT2D eigenvalue weighted by Crippen LogP contribution is 2.29. The van der Waals surface area contributed by atoms with E-state index in [1.807, 2.05) is 62.4 Å². The summed E-state index contributed by atoms with van der Waals surface area (Å²) in [4.78, 5) is 29.1. The summed E-state index contributed by atoms with van der Waals surface area (Å²) in [6.45, 7) is 4.75. The molecule has 1 atom stereocenters. The van der Waals surface area contributed by atoms with Crippen molar-refractivity contribution in [2.75, 3.05) is 20.8 Å². The van der Waals surface area contributed by atoms with Crippen molar-refractivity contribution >= 4 is 35.0 Å². The van der Waals surface area contributed by atoms with Gasteiger partial charge in [0.25, 0.3) is 0 Å². The van der Waals surface area contributed by atoms with Crippen molar-refractivity contribution in [1.82, 2.24) is 10.2 Å². The quantitative estimate of drug-likeness (QED) is 0.260. The standard InChI is InChI=1S/C31H36Cl2N2O4/c1-21(2)19-34-31(37)27(16-22-8-6-5-7-9-22)35(20-24-12-13-25(32)18-26(24)33)30(36)15-11-23-10-14-28(38-3)29(17-23)39-4/h5-10,12-14,17-18,21,27H,11,15-16,19-20H2,1-4H3,(H,34,37)/t27-/m1/s1. The molecule has 0 aliphatic heterocycles. The van der Waals surface area contributed by atoms with Crippen LogP contribution < -0.4 is 14.8 Å². The normalized spacial score (nSPS) is 11.7. The molecule has 208 valence electrons. The molecule has 39 heavy (non-hydrogen) atoms. The average molecular weight is 572 g/mol. The molecule has 0 radical (unpaired) electrons. The summed E-state index contributed by atoms with van der Waals surface area (Å²) in [6.07, 6.45) is 1.04.